The molecule has 0 spiro atoms. The summed E-state index contributed by atoms with van der Waals surface area (Å²) >= 11 is 0. The average Bonchev–Trinajstić information content (AvgIpc) is 3.60. The number of benzene rings is 7. The van der Waals surface area contributed by atoms with Gasteiger partial charge in [-0.15, -0.1) is 0 Å². The number of nitrogens with zero attached hydrogens (tertiary/aromatic N) is 2. The van der Waals surface area contributed by atoms with Crippen molar-refractivity contribution in [1.29, 1.82) is 0 Å². The Morgan fingerprint density at radius 1 is 0.392 bits per heavy atom. The molecule has 0 aliphatic heterocycles. The topological polar surface area (TPSA) is 38.9 Å². The van der Waals surface area contributed by atoms with E-state index in [9.17, 15) is 0 Å². The van der Waals surface area contributed by atoms with E-state index in [1.807, 2.05) is 24.3 Å². The van der Waals surface area contributed by atoms with E-state index in [2.05, 4.69) is 159 Å². The summed E-state index contributed by atoms with van der Waals surface area (Å²) in [6, 6.07) is 61.6. The van der Waals surface area contributed by atoms with Gasteiger partial charge in [-0.05, 0) is 40.3 Å². The first-order chi connectivity index (χ1) is 25.2. The Morgan fingerprint density at radius 3 is 1.41 bits per heavy atom. The second-order valence-electron chi connectivity index (χ2n) is 12.8. The van der Waals surface area contributed by atoms with Crippen LogP contribution in [0.25, 0.3) is 89.2 Å². The monoisotopic (exact) mass is 654 g/mol. The van der Waals surface area contributed by atoms with Crippen molar-refractivity contribution in [1.82, 2.24) is 9.97 Å². The Bertz CT molecular complexity index is 2620. The maximum atomic E-state index is 6.37. The first kappa shape index (κ1) is 30.5. The van der Waals surface area contributed by atoms with E-state index >= 15 is 0 Å². The molecule has 0 fully saturated rings. The zero-order chi connectivity index (χ0) is 34.1. The summed E-state index contributed by atoms with van der Waals surface area (Å²) in [5, 5.41) is 2.26. The quantitative estimate of drug-likeness (QED) is 0.172. The Balaban J connectivity index is 1.16. The van der Waals surface area contributed by atoms with Crippen LogP contribution in [-0.4, -0.2) is 9.97 Å². The minimum Gasteiger partial charge on any atom is -0.455 e. The highest BCUT2D eigenvalue weighted by Gasteiger charge is 2.19. The molecular formula is C48H34N2O. The Morgan fingerprint density at radius 2 is 0.843 bits per heavy atom. The van der Waals surface area contributed by atoms with E-state index < -0.39 is 0 Å². The summed E-state index contributed by atoms with van der Waals surface area (Å²) < 4.78 is 6.37. The van der Waals surface area contributed by atoms with Crippen molar-refractivity contribution in [2.45, 2.75) is 13.3 Å². The van der Waals surface area contributed by atoms with E-state index in [1.165, 1.54) is 16.7 Å². The van der Waals surface area contributed by atoms with Gasteiger partial charge in [0.1, 0.15) is 11.2 Å². The fraction of sp³-hybridized carbons (Fsp3) is 0.0417. The van der Waals surface area contributed by atoms with Crippen LogP contribution in [-0.2, 0) is 6.42 Å². The third kappa shape index (κ3) is 5.69. The van der Waals surface area contributed by atoms with Gasteiger partial charge in [-0.25, -0.2) is 9.97 Å². The molecule has 0 aliphatic rings. The lowest BCUT2D eigenvalue weighted by Crippen LogP contribution is -2.03. The fourth-order valence-corrected chi connectivity index (χ4v) is 7.10. The number of aromatic nitrogens is 2. The minimum atomic E-state index is 0.708. The van der Waals surface area contributed by atoms with Crippen molar-refractivity contribution in [3.8, 4) is 67.3 Å². The van der Waals surface area contributed by atoms with Crippen LogP contribution in [0.5, 0.6) is 0 Å². The number of rotatable bonds is 7. The van der Waals surface area contributed by atoms with Crippen molar-refractivity contribution in [3.63, 3.8) is 0 Å². The van der Waals surface area contributed by atoms with Crippen molar-refractivity contribution >= 4 is 21.9 Å². The SMILES string of the molecule is CCc1c(-c2ccc(-c3ccccc3)cc2)nc(-c2ccc(-c3ccccc3)cc2)nc1-c1ccc(-c2cccc3c2oc2ccccc23)cc1. The second kappa shape index (κ2) is 13.0. The van der Waals surface area contributed by atoms with Crippen LogP contribution in [0.2, 0.25) is 0 Å². The Labute approximate surface area is 297 Å². The fourth-order valence-electron chi connectivity index (χ4n) is 7.10. The molecule has 2 heterocycles. The van der Waals surface area contributed by atoms with Crippen molar-refractivity contribution in [3.05, 3.63) is 181 Å². The molecule has 242 valence electrons. The molecule has 9 rings (SSSR count). The zero-order valence-corrected chi connectivity index (χ0v) is 28.3. The molecule has 9 aromatic rings. The highest BCUT2D eigenvalue weighted by atomic mass is 16.3. The van der Waals surface area contributed by atoms with E-state index in [1.54, 1.807) is 0 Å². The van der Waals surface area contributed by atoms with Gasteiger partial charge >= 0.3 is 0 Å². The first-order valence-corrected chi connectivity index (χ1v) is 17.5. The molecule has 7 aromatic carbocycles. The summed E-state index contributed by atoms with van der Waals surface area (Å²) in [6.07, 6.45) is 0.790. The van der Waals surface area contributed by atoms with Gasteiger partial charge in [-0.2, -0.15) is 0 Å². The van der Waals surface area contributed by atoms with Gasteiger partial charge < -0.3 is 4.42 Å². The van der Waals surface area contributed by atoms with Crippen LogP contribution >= 0.6 is 0 Å². The van der Waals surface area contributed by atoms with Crippen molar-refractivity contribution in [2.24, 2.45) is 0 Å². The predicted molar refractivity (Wildman–Crippen MR) is 211 cm³/mol. The highest BCUT2D eigenvalue weighted by molar-refractivity contribution is 6.09. The molecule has 0 aliphatic carbocycles. The predicted octanol–water partition coefficient (Wildman–Crippen LogP) is 12.9. The smallest absolute Gasteiger partial charge is 0.160 e. The lowest BCUT2D eigenvalue weighted by atomic mass is 9.95. The summed E-state index contributed by atoms with van der Waals surface area (Å²) in [7, 11) is 0. The molecule has 0 saturated heterocycles. The lowest BCUT2D eigenvalue weighted by molar-refractivity contribution is 0.670. The van der Waals surface area contributed by atoms with Crippen LogP contribution in [0.15, 0.2) is 180 Å². The molecule has 51 heavy (non-hydrogen) atoms. The third-order valence-corrected chi connectivity index (χ3v) is 9.75. The normalized spacial score (nSPS) is 11.3. The molecule has 0 bridgehead atoms. The highest BCUT2D eigenvalue weighted by Crippen LogP contribution is 2.38. The lowest BCUT2D eigenvalue weighted by Gasteiger charge is -2.16. The van der Waals surface area contributed by atoms with Crippen molar-refractivity contribution in [2.75, 3.05) is 0 Å². The van der Waals surface area contributed by atoms with E-state index in [0.717, 1.165) is 78.7 Å². The van der Waals surface area contributed by atoms with E-state index in [4.69, 9.17) is 14.4 Å². The minimum absolute atomic E-state index is 0.708. The summed E-state index contributed by atoms with van der Waals surface area (Å²) in [4.78, 5) is 10.6. The maximum absolute atomic E-state index is 6.37. The molecule has 2 aromatic heterocycles. The van der Waals surface area contributed by atoms with Gasteiger partial charge in [-0.1, -0.05) is 177 Å². The molecule has 0 atom stereocenters. The van der Waals surface area contributed by atoms with Crippen LogP contribution < -0.4 is 0 Å². The van der Waals surface area contributed by atoms with E-state index in [0.29, 0.717) is 5.82 Å². The maximum Gasteiger partial charge on any atom is 0.160 e. The van der Waals surface area contributed by atoms with E-state index in [-0.39, 0.29) is 0 Å². The Kier molecular flexibility index (Phi) is 7.79. The van der Waals surface area contributed by atoms with Gasteiger partial charge in [0.15, 0.2) is 5.82 Å². The van der Waals surface area contributed by atoms with Crippen LogP contribution in [0.4, 0.5) is 0 Å². The average molecular weight is 655 g/mol. The van der Waals surface area contributed by atoms with Crippen molar-refractivity contribution < 1.29 is 4.42 Å². The Hall–Kier alpha value is -6.58. The number of fused-ring (bicyclic) bond motifs is 3. The molecule has 0 N–H and O–H groups in total. The molecule has 0 radical (unpaired) electrons. The van der Waals surface area contributed by atoms with Gasteiger partial charge in [0.2, 0.25) is 0 Å². The summed E-state index contributed by atoms with van der Waals surface area (Å²) in [5.41, 5.74) is 14.9. The van der Waals surface area contributed by atoms with Gasteiger partial charge in [0, 0.05) is 38.6 Å². The number of para-hydroxylation sites is 2. The molecule has 0 saturated carbocycles. The number of hydrogen-bond acceptors (Lipinski definition) is 3. The van der Waals surface area contributed by atoms with Gasteiger partial charge in [-0.3, -0.25) is 0 Å². The summed E-state index contributed by atoms with van der Waals surface area (Å²) in [5.74, 6) is 0.708. The van der Waals surface area contributed by atoms with Crippen LogP contribution in [0.1, 0.15) is 12.5 Å². The number of hydrogen-bond donors (Lipinski definition) is 0. The summed E-state index contributed by atoms with van der Waals surface area (Å²) in [6.45, 7) is 2.19. The van der Waals surface area contributed by atoms with Gasteiger partial charge in [0.25, 0.3) is 0 Å². The largest absolute Gasteiger partial charge is 0.455 e. The van der Waals surface area contributed by atoms with Gasteiger partial charge in [0.05, 0.1) is 11.4 Å². The molecule has 0 unspecified atom stereocenters. The first-order valence-electron chi connectivity index (χ1n) is 17.5. The second-order valence-corrected chi connectivity index (χ2v) is 12.8. The standard InChI is InChI=1S/C48H34N2O/c1-2-40-45(37-26-20-34(21-27-37)32-12-5-3-6-13-32)49-48(39-30-22-35(23-31-39)33-14-7-4-8-15-33)50-46(40)38-28-24-36(25-29-38)41-17-11-18-43-42-16-9-10-19-44(42)51-47(41)43/h3-31H,2H2,1H3. The molecular weight excluding hydrogens is 621 g/mol. The molecule has 3 heteroatoms. The third-order valence-electron chi connectivity index (χ3n) is 9.75. The molecule has 3 nitrogen and oxygen atoms in total. The molecule has 0 amide bonds. The van der Waals surface area contributed by atoms with Crippen LogP contribution in [0.3, 0.4) is 0 Å². The number of furan rings is 1. The zero-order valence-electron chi connectivity index (χ0n) is 28.3. The van der Waals surface area contributed by atoms with Crippen LogP contribution in [0, 0.1) is 0 Å².